The van der Waals surface area contributed by atoms with E-state index in [0.29, 0.717) is 18.3 Å². The van der Waals surface area contributed by atoms with Gasteiger partial charge in [0, 0.05) is 6.04 Å². The molecular weight excluding hydrogens is 294 g/mol. The first-order chi connectivity index (χ1) is 11.2. The van der Waals surface area contributed by atoms with Crippen LogP contribution in [0, 0.1) is 6.92 Å². The third kappa shape index (κ3) is 4.13. The molecule has 5 heteroatoms. The summed E-state index contributed by atoms with van der Waals surface area (Å²) in [7, 11) is 0. The number of furan rings is 1. The number of nitrogens with zero attached hydrogens (tertiary/aromatic N) is 1. The molecule has 0 unspecified atom stereocenters. The molecule has 1 heterocycles. The van der Waals surface area contributed by atoms with E-state index in [2.05, 4.69) is 0 Å². The van der Waals surface area contributed by atoms with E-state index in [-0.39, 0.29) is 19.1 Å². The van der Waals surface area contributed by atoms with Crippen LogP contribution in [-0.4, -0.2) is 28.6 Å². The minimum Gasteiger partial charge on any atom is -0.484 e. The van der Waals surface area contributed by atoms with E-state index in [9.17, 15) is 4.79 Å². The van der Waals surface area contributed by atoms with Crippen LogP contribution in [0.1, 0.15) is 29.9 Å². The monoisotopic (exact) mass is 315 g/mol. The lowest BCUT2D eigenvalue weighted by atomic mass is 10.2. The summed E-state index contributed by atoms with van der Waals surface area (Å²) in [6.45, 7) is 2.39. The molecule has 1 saturated carbocycles. The lowest BCUT2D eigenvalue weighted by Crippen LogP contribution is -2.36. The Bertz CT molecular complexity index is 658. The molecule has 3 rings (SSSR count). The molecule has 1 N–H and O–H groups in total. The molecule has 0 aliphatic heterocycles. The molecule has 0 radical (unpaired) electrons. The van der Waals surface area contributed by atoms with Crippen LogP contribution in [0.4, 0.5) is 0 Å². The Hall–Kier alpha value is -2.27. The number of aliphatic hydroxyl groups is 1. The molecule has 1 aromatic heterocycles. The maximum Gasteiger partial charge on any atom is 0.261 e. The summed E-state index contributed by atoms with van der Waals surface area (Å²) in [5.41, 5.74) is 0.816. The summed E-state index contributed by atoms with van der Waals surface area (Å²) in [4.78, 5) is 14.3. The number of aliphatic hydroxyl groups excluding tert-OH is 1. The van der Waals surface area contributed by atoms with Crippen molar-refractivity contribution in [1.82, 2.24) is 4.90 Å². The van der Waals surface area contributed by atoms with Gasteiger partial charge in [0.25, 0.3) is 5.91 Å². The predicted molar refractivity (Wildman–Crippen MR) is 84.9 cm³/mol. The van der Waals surface area contributed by atoms with E-state index in [1.807, 2.05) is 24.0 Å². The van der Waals surface area contributed by atoms with Crippen molar-refractivity contribution in [3.8, 4) is 5.75 Å². The number of hydrogen-bond donors (Lipinski definition) is 1. The molecule has 1 aliphatic rings. The smallest absolute Gasteiger partial charge is 0.261 e. The van der Waals surface area contributed by atoms with Gasteiger partial charge in [-0.2, -0.15) is 0 Å². The standard InChI is InChI=1S/C18H21NO4/c1-13-2-7-17(23-13)10-19(15-5-6-15)18(21)12-22-16-8-3-14(11-20)4-9-16/h2-4,7-9,15,20H,5-6,10-12H2,1H3. The predicted octanol–water partition coefficient (Wildman–Crippen LogP) is 2.65. The van der Waals surface area contributed by atoms with Crippen LogP contribution in [0.2, 0.25) is 0 Å². The van der Waals surface area contributed by atoms with Crippen molar-refractivity contribution in [2.75, 3.05) is 6.61 Å². The van der Waals surface area contributed by atoms with Crippen LogP contribution in [0.5, 0.6) is 5.75 Å². The van der Waals surface area contributed by atoms with Crippen molar-refractivity contribution in [1.29, 1.82) is 0 Å². The molecule has 0 bridgehead atoms. The number of ether oxygens (including phenoxy) is 1. The van der Waals surface area contributed by atoms with Gasteiger partial charge in [0.1, 0.15) is 17.3 Å². The maximum absolute atomic E-state index is 12.5. The van der Waals surface area contributed by atoms with Crippen molar-refractivity contribution in [3.63, 3.8) is 0 Å². The zero-order valence-electron chi connectivity index (χ0n) is 13.2. The molecule has 1 amide bonds. The van der Waals surface area contributed by atoms with Gasteiger partial charge >= 0.3 is 0 Å². The van der Waals surface area contributed by atoms with Crippen LogP contribution in [0.25, 0.3) is 0 Å². The molecule has 122 valence electrons. The first-order valence-electron chi connectivity index (χ1n) is 7.83. The van der Waals surface area contributed by atoms with Gasteiger partial charge in [-0.05, 0) is 49.6 Å². The van der Waals surface area contributed by atoms with Crippen molar-refractivity contribution in [2.45, 2.75) is 39.0 Å². The summed E-state index contributed by atoms with van der Waals surface area (Å²) in [6.07, 6.45) is 2.08. The quantitative estimate of drug-likeness (QED) is 0.853. The Morgan fingerprint density at radius 2 is 2.00 bits per heavy atom. The average molecular weight is 315 g/mol. The highest BCUT2D eigenvalue weighted by atomic mass is 16.5. The Labute approximate surface area is 135 Å². The molecule has 5 nitrogen and oxygen atoms in total. The van der Waals surface area contributed by atoms with Gasteiger partial charge in [-0.25, -0.2) is 0 Å². The van der Waals surface area contributed by atoms with Crippen LogP contribution in [0.3, 0.4) is 0 Å². The van der Waals surface area contributed by atoms with Gasteiger partial charge in [-0.1, -0.05) is 12.1 Å². The summed E-state index contributed by atoms with van der Waals surface area (Å²) >= 11 is 0. The van der Waals surface area contributed by atoms with Crippen molar-refractivity contribution in [2.24, 2.45) is 0 Å². The normalized spacial score (nSPS) is 13.8. The zero-order chi connectivity index (χ0) is 16.2. The Morgan fingerprint density at radius 1 is 1.26 bits per heavy atom. The number of amides is 1. The fourth-order valence-electron chi connectivity index (χ4n) is 2.46. The maximum atomic E-state index is 12.5. The Morgan fingerprint density at radius 3 is 2.57 bits per heavy atom. The van der Waals surface area contributed by atoms with Crippen LogP contribution >= 0.6 is 0 Å². The SMILES string of the molecule is Cc1ccc(CN(C(=O)COc2ccc(CO)cc2)C2CC2)o1. The third-order valence-corrected chi connectivity index (χ3v) is 3.90. The van der Waals surface area contributed by atoms with Gasteiger partial charge in [0.2, 0.25) is 0 Å². The van der Waals surface area contributed by atoms with Gasteiger partial charge in [0.15, 0.2) is 6.61 Å². The molecule has 2 aromatic rings. The van der Waals surface area contributed by atoms with E-state index < -0.39 is 0 Å². The van der Waals surface area contributed by atoms with E-state index >= 15 is 0 Å². The number of carbonyl (C=O) groups excluding carboxylic acids is 1. The van der Waals surface area contributed by atoms with E-state index in [1.165, 1.54) is 0 Å². The Kier molecular flexibility index (Phi) is 4.67. The third-order valence-electron chi connectivity index (χ3n) is 3.90. The lowest BCUT2D eigenvalue weighted by Gasteiger charge is -2.21. The number of benzene rings is 1. The molecule has 1 aromatic carbocycles. The van der Waals surface area contributed by atoms with E-state index in [0.717, 1.165) is 29.9 Å². The summed E-state index contributed by atoms with van der Waals surface area (Å²) in [5, 5.41) is 9.02. The highest BCUT2D eigenvalue weighted by molar-refractivity contribution is 5.78. The lowest BCUT2D eigenvalue weighted by molar-refractivity contribution is -0.134. The summed E-state index contributed by atoms with van der Waals surface area (Å²) in [6, 6.07) is 11.2. The second kappa shape index (κ2) is 6.87. The summed E-state index contributed by atoms with van der Waals surface area (Å²) < 4.78 is 11.1. The second-order valence-electron chi connectivity index (χ2n) is 5.86. The molecular formula is C18H21NO4. The fraction of sp³-hybridized carbons (Fsp3) is 0.389. The molecule has 23 heavy (non-hydrogen) atoms. The topological polar surface area (TPSA) is 62.9 Å². The fourth-order valence-corrected chi connectivity index (χ4v) is 2.46. The highest BCUT2D eigenvalue weighted by Crippen LogP contribution is 2.29. The molecule has 0 saturated heterocycles. The van der Waals surface area contributed by atoms with Gasteiger partial charge in [0.05, 0.1) is 13.2 Å². The average Bonchev–Trinajstić information content (AvgIpc) is 3.33. The van der Waals surface area contributed by atoms with Crippen LogP contribution in [-0.2, 0) is 17.9 Å². The molecule has 0 atom stereocenters. The molecule has 1 fully saturated rings. The number of aryl methyl sites for hydroxylation is 1. The first-order valence-corrected chi connectivity index (χ1v) is 7.83. The van der Waals surface area contributed by atoms with Crippen molar-refractivity contribution in [3.05, 3.63) is 53.5 Å². The number of hydrogen-bond acceptors (Lipinski definition) is 4. The van der Waals surface area contributed by atoms with Crippen LogP contribution in [0.15, 0.2) is 40.8 Å². The number of carbonyl (C=O) groups is 1. The molecule has 0 spiro atoms. The van der Waals surface area contributed by atoms with Crippen molar-refractivity contribution >= 4 is 5.91 Å². The zero-order valence-corrected chi connectivity index (χ0v) is 13.2. The van der Waals surface area contributed by atoms with Gasteiger partial charge in [-0.3, -0.25) is 4.79 Å². The first kappa shape index (κ1) is 15.6. The molecule has 1 aliphatic carbocycles. The number of rotatable bonds is 7. The highest BCUT2D eigenvalue weighted by Gasteiger charge is 2.33. The van der Waals surface area contributed by atoms with E-state index in [4.69, 9.17) is 14.3 Å². The second-order valence-corrected chi connectivity index (χ2v) is 5.86. The van der Waals surface area contributed by atoms with Crippen molar-refractivity contribution < 1.29 is 19.1 Å². The van der Waals surface area contributed by atoms with E-state index in [1.54, 1.807) is 24.3 Å². The van der Waals surface area contributed by atoms with Gasteiger partial charge in [-0.15, -0.1) is 0 Å². The van der Waals surface area contributed by atoms with Crippen LogP contribution < -0.4 is 4.74 Å². The minimum atomic E-state index is -0.0345. The largest absolute Gasteiger partial charge is 0.484 e. The minimum absolute atomic E-state index is 0.00275. The van der Waals surface area contributed by atoms with Gasteiger partial charge < -0.3 is 19.2 Å². The Balaban J connectivity index is 1.57. The summed E-state index contributed by atoms with van der Waals surface area (Å²) in [5.74, 6) is 2.24.